The molecule has 80 valence electrons. The Morgan fingerprint density at radius 3 is 2.94 bits per heavy atom. The van der Waals surface area contributed by atoms with Gasteiger partial charge in [0.1, 0.15) is 5.76 Å². The molecule has 0 spiro atoms. The first-order valence-corrected chi connectivity index (χ1v) is 5.34. The summed E-state index contributed by atoms with van der Waals surface area (Å²) in [6.07, 6.45) is 1.59. The van der Waals surface area contributed by atoms with Crippen LogP contribution in [0.25, 0.3) is 0 Å². The second-order valence-electron chi connectivity index (χ2n) is 3.99. The van der Waals surface area contributed by atoms with Crippen LogP contribution >= 0.6 is 0 Å². The van der Waals surface area contributed by atoms with Crippen LogP contribution in [0.5, 0.6) is 0 Å². The van der Waals surface area contributed by atoms with E-state index in [9.17, 15) is 4.79 Å². The van der Waals surface area contributed by atoms with Crippen LogP contribution in [-0.2, 0) is 12.8 Å². The van der Waals surface area contributed by atoms with E-state index in [0.717, 1.165) is 29.7 Å². The van der Waals surface area contributed by atoms with Crippen LogP contribution in [0.1, 0.15) is 33.3 Å². The van der Waals surface area contributed by atoms with E-state index in [1.54, 1.807) is 6.92 Å². The zero-order chi connectivity index (χ0) is 11.1. The van der Waals surface area contributed by atoms with Crippen molar-refractivity contribution in [1.29, 1.82) is 0 Å². The summed E-state index contributed by atoms with van der Waals surface area (Å²) in [7, 11) is 0. The van der Waals surface area contributed by atoms with Crippen molar-refractivity contribution in [3.05, 3.63) is 52.7 Å². The number of rotatable bonds is 0. The van der Waals surface area contributed by atoms with E-state index in [1.165, 1.54) is 0 Å². The monoisotopic (exact) mass is 213 g/mol. The topological polar surface area (TPSA) is 43.1 Å². The maximum atomic E-state index is 12.2. The number of oxazole rings is 1. The van der Waals surface area contributed by atoms with Gasteiger partial charge in [0.05, 0.1) is 0 Å². The molecule has 3 heteroatoms. The lowest BCUT2D eigenvalue weighted by atomic mass is 10.0. The summed E-state index contributed by atoms with van der Waals surface area (Å²) < 4.78 is 5.46. The normalized spacial score (nSPS) is 14.2. The van der Waals surface area contributed by atoms with Gasteiger partial charge in [-0.1, -0.05) is 24.3 Å². The zero-order valence-electron chi connectivity index (χ0n) is 8.99. The van der Waals surface area contributed by atoms with E-state index >= 15 is 0 Å². The molecule has 1 aliphatic carbocycles. The number of benzene rings is 1. The highest BCUT2D eigenvalue weighted by atomic mass is 16.4. The molecule has 2 aromatic rings. The number of carbonyl (C=O) groups is 1. The minimum atomic E-state index is -0.0139. The minimum absolute atomic E-state index is 0.0139. The van der Waals surface area contributed by atoms with Crippen LogP contribution in [0.3, 0.4) is 0 Å². The maximum Gasteiger partial charge on any atom is 0.215 e. The lowest BCUT2D eigenvalue weighted by molar-refractivity contribution is 0.103. The molecule has 1 aromatic carbocycles. The molecule has 0 saturated carbocycles. The number of ketones is 1. The molecule has 1 aromatic heterocycles. The van der Waals surface area contributed by atoms with E-state index in [1.807, 2.05) is 24.3 Å². The Morgan fingerprint density at radius 2 is 2.06 bits per heavy atom. The number of aromatic nitrogens is 1. The third kappa shape index (κ3) is 1.28. The zero-order valence-corrected chi connectivity index (χ0v) is 8.99. The van der Waals surface area contributed by atoms with Crippen LogP contribution in [0.15, 0.2) is 28.7 Å². The molecule has 0 aliphatic heterocycles. The summed E-state index contributed by atoms with van der Waals surface area (Å²) in [6.45, 7) is 1.77. The average Bonchev–Trinajstić information content (AvgIpc) is 2.62. The third-order valence-corrected chi connectivity index (χ3v) is 2.90. The molecular formula is C13H11NO2. The van der Waals surface area contributed by atoms with Crippen molar-refractivity contribution in [2.24, 2.45) is 0 Å². The first-order valence-electron chi connectivity index (χ1n) is 5.34. The Hall–Kier alpha value is -1.90. The number of hydrogen-bond acceptors (Lipinski definition) is 3. The first kappa shape index (κ1) is 9.33. The van der Waals surface area contributed by atoms with Gasteiger partial charge in [0.2, 0.25) is 5.78 Å². The van der Waals surface area contributed by atoms with Crippen molar-refractivity contribution in [1.82, 2.24) is 4.98 Å². The summed E-state index contributed by atoms with van der Waals surface area (Å²) in [5.41, 5.74) is 2.33. The first-order chi connectivity index (χ1) is 7.75. The molecule has 0 unspecified atom stereocenters. The minimum Gasteiger partial charge on any atom is -0.445 e. The Bertz CT molecular complexity index is 569. The quantitative estimate of drug-likeness (QED) is 0.674. The molecule has 0 fully saturated rings. The number of nitrogens with zero attached hydrogens (tertiary/aromatic N) is 1. The Kier molecular flexibility index (Phi) is 1.93. The smallest absolute Gasteiger partial charge is 0.215 e. The van der Waals surface area contributed by atoms with Crippen LogP contribution in [0, 0.1) is 6.92 Å². The Balaban J connectivity index is 2.21. The molecule has 0 amide bonds. The van der Waals surface area contributed by atoms with E-state index in [-0.39, 0.29) is 5.78 Å². The molecule has 0 atom stereocenters. The fourth-order valence-corrected chi connectivity index (χ4v) is 2.15. The van der Waals surface area contributed by atoms with Crippen LogP contribution in [0.4, 0.5) is 0 Å². The highest BCUT2D eigenvalue weighted by Crippen LogP contribution is 2.24. The molecule has 16 heavy (non-hydrogen) atoms. The molecule has 3 nitrogen and oxygen atoms in total. The molecule has 0 bridgehead atoms. The lowest BCUT2D eigenvalue weighted by Gasteiger charge is -2.01. The fraction of sp³-hybridized carbons (Fsp3) is 0.231. The number of hydrogen-bond donors (Lipinski definition) is 0. The molecule has 0 saturated heterocycles. The van der Waals surface area contributed by atoms with Gasteiger partial charge in [-0.3, -0.25) is 4.79 Å². The van der Waals surface area contributed by atoms with Gasteiger partial charge < -0.3 is 4.42 Å². The van der Waals surface area contributed by atoms with Gasteiger partial charge >= 0.3 is 0 Å². The molecule has 0 radical (unpaired) electrons. The summed E-state index contributed by atoms with van der Waals surface area (Å²) in [6, 6.07) is 7.69. The van der Waals surface area contributed by atoms with Gasteiger partial charge in [0.15, 0.2) is 11.6 Å². The Morgan fingerprint density at radius 1 is 1.25 bits per heavy atom. The molecule has 0 N–H and O–H groups in total. The van der Waals surface area contributed by atoms with Gasteiger partial charge in [-0.25, -0.2) is 4.98 Å². The third-order valence-electron chi connectivity index (χ3n) is 2.90. The fourth-order valence-electron chi connectivity index (χ4n) is 2.15. The van der Waals surface area contributed by atoms with Gasteiger partial charge in [-0.05, 0) is 12.0 Å². The van der Waals surface area contributed by atoms with Gasteiger partial charge in [-0.15, -0.1) is 0 Å². The number of aryl methyl sites for hydroxylation is 3. The standard InChI is InChI=1S/C13H11NO2/c1-8-14-12-11(16-8)7-6-9-4-2-3-5-10(9)13(12)15/h2-5H,6-7H2,1H3. The van der Waals surface area contributed by atoms with Crippen molar-refractivity contribution in [2.75, 3.05) is 0 Å². The molecular weight excluding hydrogens is 202 g/mol. The SMILES string of the molecule is Cc1nc2c(o1)CCc1ccccc1C2=O. The second-order valence-corrected chi connectivity index (χ2v) is 3.99. The summed E-state index contributed by atoms with van der Waals surface area (Å²) in [5.74, 6) is 1.27. The molecule has 1 heterocycles. The van der Waals surface area contributed by atoms with Crippen LogP contribution in [-0.4, -0.2) is 10.8 Å². The van der Waals surface area contributed by atoms with Crippen molar-refractivity contribution >= 4 is 5.78 Å². The van der Waals surface area contributed by atoms with E-state index in [0.29, 0.717) is 11.6 Å². The van der Waals surface area contributed by atoms with Crippen molar-refractivity contribution in [3.8, 4) is 0 Å². The van der Waals surface area contributed by atoms with Crippen LogP contribution < -0.4 is 0 Å². The predicted octanol–water partition coefficient (Wildman–Crippen LogP) is 2.31. The average molecular weight is 213 g/mol. The van der Waals surface area contributed by atoms with Crippen LogP contribution in [0.2, 0.25) is 0 Å². The molecule has 3 rings (SSSR count). The highest BCUT2D eigenvalue weighted by molar-refractivity contribution is 6.09. The largest absolute Gasteiger partial charge is 0.445 e. The summed E-state index contributed by atoms with van der Waals surface area (Å²) >= 11 is 0. The van der Waals surface area contributed by atoms with E-state index < -0.39 is 0 Å². The van der Waals surface area contributed by atoms with Gasteiger partial charge in [0, 0.05) is 18.9 Å². The molecule has 1 aliphatic rings. The van der Waals surface area contributed by atoms with Gasteiger partial charge in [-0.2, -0.15) is 0 Å². The maximum absolute atomic E-state index is 12.2. The highest BCUT2D eigenvalue weighted by Gasteiger charge is 2.25. The number of fused-ring (bicyclic) bond motifs is 2. The van der Waals surface area contributed by atoms with Gasteiger partial charge in [0.25, 0.3) is 0 Å². The van der Waals surface area contributed by atoms with E-state index in [4.69, 9.17) is 4.42 Å². The lowest BCUT2D eigenvalue weighted by Crippen LogP contribution is -2.04. The van der Waals surface area contributed by atoms with Crippen molar-refractivity contribution in [2.45, 2.75) is 19.8 Å². The van der Waals surface area contributed by atoms with E-state index in [2.05, 4.69) is 4.98 Å². The van der Waals surface area contributed by atoms with Crippen molar-refractivity contribution < 1.29 is 9.21 Å². The van der Waals surface area contributed by atoms with Crippen molar-refractivity contribution in [3.63, 3.8) is 0 Å². The number of carbonyl (C=O) groups excluding carboxylic acids is 1. The second kappa shape index (κ2) is 3.30. The predicted molar refractivity (Wildman–Crippen MR) is 58.5 cm³/mol. The Labute approximate surface area is 93.1 Å². The summed E-state index contributed by atoms with van der Waals surface area (Å²) in [5, 5.41) is 0. The summed E-state index contributed by atoms with van der Waals surface area (Å²) in [4.78, 5) is 16.4.